The standard InChI is InChI=1S/C58H39BN2O/c1-5-16-40(17-6-1)43-28-32-48(33-29-43)61-54-36-45(41-18-7-2-8-19-41)30-34-51(54)59-52-35-31-46(42-20-9-3-10-21-42)37-56(52)62-57-39-49(38-55(61)58(57)59)60(47-24-11-4-12-25-47)53-27-15-23-44-22-13-14-26-50(44)53/h1-39H. The van der Waals surface area contributed by atoms with Gasteiger partial charge in [-0.25, -0.2) is 0 Å². The summed E-state index contributed by atoms with van der Waals surface area (Å²) in [5, 5.41) is 2.36. The summed E-state index contributed by atoms with van der Waals surface area (Å²) in [5.74, 6) is 1.73. The largest absolute Gasteiger partial charge is 0.458 e. The third kappa shape index (κ3) is 6.07. The second-order valence-corrected chi connectivity index (χ2v) is 16.1. The summed E-state index contributed by atoms with van der Waals surface area (Å²) in [6, 6.07) is 85.3. The minimum atomic E-state index is -0.0648. The Bertz CT molecular complexity index is 3260. The van der Waals surface area contributed by atoms with Gasteiger partial charge in [-0.15, -0.1) is 0 Å². The summed E-state index contributed by atoms with van der Waals surface area (Å²) < 4.78 is 7.25. The minimum absolute atomic E-state index is 0.0648. The lowest BCUT2D eigenvalue weighted by atomic mass is 9.34. The molecule has 0 amide bonds. The molecular formula is C58H39BN2O. The third-order valence-electron chi connectivity index (χ3n) is 12.5. The molecule has 0 spiro atoms. The number of nitrogens with zero attached hydrogens (tertiary/aromatic N) is 2. The number of ether oxygens (including phenoxy) is 1. The Morgan fingerprint density at radius 1 is 0.371 bits per heavy atom. The Kier molecular flexibility index (Phi) is 8.60. The van der Waals surface area contributed by atoms with Crippen molar-refractivity contribution in [3.05, 3.63) is 237 Å². The Labute approximate surface area is 362 Å². The first kappa shape index (κ1) is 35.8. The van der Waals surface area contributed by atoms with Gasteiger partial charge >= 0.3 is 0 Å². The number of fused-ring (bicyclic) bond motifs is 5. The molecule has 12 rings (SSSR count). The third-order valence-corrected chi connectivity index (χ3v) is 12.5. The molecule has 4 heteroatoms. The number of hydrogen-bond donors (Lipinski definition) is 0. The maximum Gasteiger partial charge on any atom is 0.256 e. The summed E-state index contributed by atoms with van der Waals surface area (Å²) in [6.07, 6.45) is 0. The van der Waals surface area contributed by atoms with Crippen LogP contribution in [0.2, 0.25) is 0 Å². The smallest absolute Gasteiger partial charge is 0.256 e. The molecule has 0 bridgehead atoms. The van der Waals surface area contributed by atoms with Gasteiger partial charge in [0.05, 0.1) is 11.4 Å². The van der Waals surface area contributed by atoms with E-state index in [2.05, 4.69) is 246 Å². The molecule has 0 aliphatic carbocycles. The lowest BCUT2D eigenvalue weighted by Crippen LogP contribution is -2.59. The van der Waals surface area contributed by atoms with Crippen LogP contribution >= 0.6 is 0 Å². The van der Waals surface area contributed by atoms with E-state index in [0.717, 1.165) is 67.7 Å². The van der Waals surface area contributed by atoms with Crippen molar-refractivity contribution in [2.24, 2.45) is 0 Å². The van der Waals surface area contributed by atoms with Gasteiger partial charge in [0.1, 0.15) is 11.5 Å². The maximum absolute atomic E-state index is 7.25. The van der Waals surface area contributed by atoms with Crippen LogP contribution in [0.3, 0.4) is 0 Å². The Balaban J connectivity index is 1.14. The fraction of sp³-hybridized carbons (Fsp3) is 0. The average molecular weight is 791 g/mol. The van der Waals surface area contributed by atoms with E-state index in [9.17, 15) is 0 Å². The molecule has 0 saturated heterocycles. The van der Waals surface area contributed by atoms with E-state index in [1.165, 1.54) is 38.5 Å². The highest BCUT2D eigenvalue weighted by molar-refractivity contribution is 6.99. The predicted octanol–water partition coefficient (Wildman–Crippen LogP) is 13.7. The number of para-hydroxylation sites is 1. The zero-order valence-corrected chi connectivity index (χ0v) is 33.9. The van der Waals surface area contributed by atoms with Crippen LogP contribution in [-0.2, 0) is 0 Å². The normalized spacial score (nSPS) is 12.3. The summed E-state index contributed by atoms with van der Waals surface area (Å²) >= 11 is 0. The van der Waals surface area contributed by atoms with E-state index in [1.54, 1.807) is 0 Å². The topological polar surface area (TPSA) is 15.7 Å². The molecule has 62 heavy (non-hydrogen) atoms. The molecule has 3 nitrogen and oxygen atoms in total. The summed E-state index contributed by atoms with van der Waals surface area (Å²) in [4.78, 5) is 4.86. The molecule has 10 aromatic carbocycles. The molecule has 2 heterocycles. The molecule has 0 saturated carbocycles. The number of hydrogen-bond acceptors (Lipinski definition) is 3. The van der Waals surface area contributed by atoms with E-state index >= 15 is 0 Å². The Hall–Kier alpha value is -8.08. The number of benzene rings is 10. The van der Waals surface area contributed by atoms with Gasteiger partial charge in [0.15, 0.2) is 0 Å². The van der Waals surface area contributed by atoms with Crippen LogP contribution in [0.4, 0.5) is 34.1 Å². The molecule has 0 atom stereocenters. The molecule has 0 fully saturated rings. The van der Waals surface area contributed by atoms with Crippen molar-refractivity contribution in [1.82, 2.24) is 0 Å². The first-order valence-corrected chi connectivity index (χ1v) is 21.3. The molecule has 2 aliphatic rings. The number of rotatable bonds is 7. The quantitative estimate of drug-likeness (QED) is 0.150. The fourth-order valence-corrected chi connectivity index (χ4v) is 9.60. The molecule has 0 radical (unpaired) electrons. The van der Waals surface area contributed by atoms with Crippen LogP contribution in [0.5, 0.6) is 11.5 Å². The van der Waals surface area contributed by atoms with Crippen molar-refractivity contribution in [2.75, 3.05) is 9.80 Å². The lowest BCUT2D eigenvalue weighted by molar-refractivity contribution is 0.488. The summed E-state index contributed by atoms with van der Waals surface area (Å²) in [7, 11) is 0. The van der Waals surface area contributed by atoms with Crippen molar-refractivity contribution in [2.45, 2.75) is 0 Å². The van der Waals surface area contributed by atoms with Crippen molar-refractivity contribution >= 4 is 68.0 Å². The Morgan fingerprint density at radius 2 is 0.919 bits per heavy atom. The maximum atomic E-state index is 7.25. The monoisotopic (exact) mass is 790 g/mol. The second kappa shape index (κ2) is 14.9. The fourth-order valence-electron chi connectivity index (χ4n) is 9.60. The zero-order chi connectivity index (χ0) is 41.0. The predicted molar refractivity (Wildman–Crippen MR) is 261 cm³/mol. The summed E-state index contributed by atoms with van der Waals surface area (Å²) in [5.41, 5.74) is 17.1. The van der Waals surface area contributed by atoms with Crippen molar-refractivity contribution < 1.29 is 4.74 Å². The van der Waals surface area contributed by atoms with Gasteiger partial charge in [-0.05, 0) is 104 Å². The van der Waals surface area contributed by atoms with Crippen molar-refractivity contribution in [3.63, 3.8) is 0 Å². The minimum Gasteiger partial charge on any atom is -0.458 e. The zero-order valence-electron chi connectivity index (χ0n) is 33.9. The van der Waals surface area contributed by atoms with Crippen LogP contribution < -0.4 is 30.9 Å². The van der Waals surface area contributed by atoms with Gasteiger partial charge in [0, 0.05) is 34.2 Å². The van der Waals surface area contributed by atoms with Crippen LogP contribution in [-0.4, -0.2) is 6.71 Å². The molecule has 0 N–H and O–H groups in total. The number of anilines is 6. The van der Waals surface area contributed by atoms with E-state index in [-0.39, 0.29) is 6.71 Å². The molecular weight excluding hydrogens is 751 g/mol. The van der Waals surface area contributed by atoms with Crippen LogP contribution in [0.15, 0.2) is 237 Å². The first-order chi connectivity index (χ1) is 30.7. The SMILES string of the molecule is c1ccc(-c2ccc(N3c4cc(-c5ccccc5)ccc4B4c5ccc(-c6ccccc6)cc5Oc5cc(N(c6ccccc6)c6cccc7ccccc67)cc3c54)cc2)cc1. The van der Waals surface area contributed by atoms with Gasteiger partial charge in [-0.1, -0.05) is 182 Å². The van der Waals surface area contributed by atoms with Crippen molar-refractivity contribution in [1.29, 1.82) is 0 Å². The molecule has 0 unspecified atom stereocenters. The van der Waals surface area contributed by atoms with E-state index in [4.69, 9.17) is 4.74 Å². The van der Waals surface area contributed by atoms with Gasteiger partial charge in [0.2, 0.25) is 0 Å². The first-order valence-electron chi connectivity index (χ1n) is 21.3. The van der Waals surface area contributed by atoms with Crippen molar-refractivity contribution in [3.8, 4) is 44.9 Å². The van der Waals surface area contributed by atoms with Crippen LogP contribution in [0.25, 0.3) is 44.2 Å². The van der Waals surface area contributed by atoms with E-state index in [1.807, 2.05) is 0 Å². The Morgan fingerprint density at radius 3 is 1.61 bits per heavy atom. The molecule has 2 aliphatic heterocycles. The second-order valence-electron chi connectivity index (χ2n) is 16.1. The van der Waals surface area contributed by atoms with Gasteiger partial charge < -0.3 is 14.5 Å². The molecule has 290 valence electrons. The van der Waals surface area contributed by atoms with Crippen LogP contribution in [0.1, 0.15) is 0 Å². The van der Waals surface area contributed by atoms with E-state index < -0.39 is 0 Å². The van der Waals surface area contributed by atoms with Gasteiger partial charge in [-0.3, -0.25) is 0 Å². The van der Waals surface area contributed by atoms with Gasteiger partial charge in [-0.2, -0.15) is 0 Å². The summed E-state index contributed by atoms with van der Waals surface area (Å²) in [6.45, 7) is -0.0648. The highest BCUT2D eigenvalue weighted by Crippen LogP contribution is 2.47. The lowest BCUT2D eigenvalue weighted by Gasteiger charge is -2.41. The molecule has 10 aromatic rings. The highest BCUT2D eigenvalue weighted by Gasteiger charge is 2.43. The molecule has 0 aromatic heterocycles. The van der Waals surface area contributed by atoms with Gasteiger partial charge in [0.25, 0.3) is 6.71 Å². The van der Waals surface area contributed by atoms with Crippen LogP contribution in [0, 0.1) is 0 Å². The van der Waals surface area contributed by atoms with E-state index in [0.29, 0.717) is 0 Å². The average Bonchev–Trinajstić information content (AvgIpc) is 3.35. The highest BCUT2D eigenvalue weighted by atomic mass is 16.5.